The van der Waals surface area contributed by atoms with E-state index in [1.807, 2.05) is 36.5 Å². The Hall–Kier alpha value is -6.64. The first-order valence-corrected chi connectivity index (χ1v) is 25.8. The van der Waals surface area contributed by atoms with E-state index in [4.69, 9.17) is 24.4 Å². The molecule has 2 aliphatic heterocycles. The third-order valence-electron chi connectivity index (χ3n) is 14.6. The number of nitrogens with one attached hydrogen (secondary N) is 2. The molecule has 3 aromatic carbocycles. The van der Waals surface area contributed by atoms with E-state index in [0.29, 0.717) is 31.1 Å². The molecule has 2 aromatic heterocycles. The van der Waals surface area contributed by atoms with Crippen LogP contribution in [-0.2, 0) is 19.1 Å². The summed E-state index contributed by atoms with van der Waals surface area (Å²) in [6, 6.07) is 18.8. The molecule has 4 heterocycles. The summed E-state index contributed by atoms with van der Waals surface area (Å²) in [5, 5.41) is 85.0. The maximum absolute atomic E-state index is 14.0. The molecule has 11 rings (SSSR count). The number of primary amides is 1. The maximum Gasteiger partial charge on any atom is 0.347 e. The molecule has 73 heavy (non-hydrogen) atoms. The van der Waals surface area contributed by atoms with Crippen LogP contribution < -0.4 is 21.2 Å². The molecule has 378 valence electrons. The number of amides is 1. The second-order valence-corrected chi connectivity index (χ2v) is 21.0. The van der Waals surface area contributed by atoms with Crippen molar-refractivity contribution in [3.8, 4) is 34.5 Å². The summed E-state index contributed by atoms with van der Waals surface area (Å²) in [4.78, 5) is 57.1. The van der Waals surface area contributed by atoms with Gasteiger partial charge in [-0.25, -0.2) is 4.79 Å². The molecule has 1 spiro atoms. The predicted octanol–water partition coefficient (Wildman–Crippen LogP) is 4.59. The number of carboxylic acid groups (broad SMARTS) is 1. The highest BCUT2D eigenvalue weighted by atomic mass is 33.1. The van der Waals surface area contributed by atoms with Crippen LogP contribution in [0.1, 0.15) is 58.3 Å². The normalized spacial score (nSPS) is 31.4. The number of aromatic hydroxyl groups is 1. The third kappa shape index (κ3) is 8.44. The molecule has 11 atom stereocenters. The number of ether oxygens (including phenoxy) is 3. The monoisotopic (exact) mass is 1030 g/mol. The third-order valence-corrected chi connectivity index (χ3v) is 16.6. The molecule has 0 saturated carbocycles. The highest BCUT2D eigenvalue weighted by Gasteiger charge is 2.81. The van der Waals surface area contributed by atoms with Crippen LogP contribution in [0.15, 0.2) is 124 Å². The molecule has 5 aromatic rings. The van der Waals surface area contributed by atoms with Gasteiger partial charge in [-0.1, -0.05) is 82.1 Å². The second-order valence-electron chi connectivity index (χ2n) is 18.5. The van der Waals surface area contributed by atoms with Crippen molar-refractivity contribution in [3.63, 3.8) is 0 Å². The van der Waals surface area contributed by atoms with Gasteiger partial charge in [0.1, 0.15) is 47.2 Å². The zero-order chi connectivity index (χ0) is 51.4. The van der Waals surface area contributed by atoms with Crippen molar-refractivity contribution in [3.05, 3.63) is 148 Å². The number of hydrogen-bond acceptors (Lipinski definition) is 17. The number of hydrogen-bond donors (Lipinski definition) is 10. The Morgan fingerprint density at radius 1 is 0.986 bits per heavy atom. The lowest BCUT2D eigenvalue weighted by atomic mass is 9.62. The van der Waals surface area contributed by atoms with E-state index >= 15 is 0 Å². The number of fused-ring (bicyclic) bond motifs is 8. The summed E-state index contributed by atoms with van der Waals surface area (Å²) in [6.07, 6.45) is 2.96. The van der Waals surface area contributed by atoms with Crippen LogP contribution in [0.2, 0.25) is 0 Å². The van der Waals surface area contributed by atoms with Crippen LogP contribution >= 0.6 is 21.6 Å². The SMILES string of the molecule is NC(=O)c1oc2cc(OC3OC4(C(=O)O)C(=O)C=C(O)C5(OCSSCC(c6cc[nH]c6)C(C6CC#CC(O)CC7C=CC(=CC6)c6ccccc67)CNC(O)C35O)C4O)ccc2c(=O)c1-c1ccc(O)cc1. The minimum atomic E-state index is -3.31. The molecule has 11 unspecified atom stereocenters. The number of H-pyrrole nitrogens is 1. The summed E-state index contributed by atoms with van der Waals surface area (Å²) in [5.74, 6) is -1.65. The van der Waals surface area contributed by atoms with Crippen molar-refractivity contribution in [1.29, 1.82) is 0 Å². The van der Waals surface area contributed by atoms with Gasteiger partial charge in [0, 0.05) is 49.2 Å². The van der Waals surface area contributed by atoms with Crippen molar-refractivity contribution in [2.24, 2.45) is 17.6 Å². The lowest BCUT2D eigenvalue weighted by molar-refractivity contribution is -0.390. The molecular weight excluding hydrogens is 983 g/mol. The second kappa shape index (κ2) is 19.7. The molecule has 2 fully saturated rings. The molecule has 4 bridgehead atoms. The van der Waals surface area contributed by atoms with E-state index in [1.54, 1.807) is 6.20 Å². The number of carbonyl (C=O) groups is 3. The summed E-state index contributed by atoms with van der Waals surface area (Å²) in [6.45, 7) is -0.121. The van der Waals surface area contributed by atoms with Gasteiger partial charge in [-0.2, -0.15) is 0 Å². The summed E-state index contributed by atoms with van der Waals surface area (Å²) >= 11 is 0. The first kappa shape index (κ1) is 49.9. The van der Waals surface area contributed by atoms with Crippen molar-refractivity contribution < 1.29 is 68.8 Å². The fourth-order valence-electron chi connectivity index (χ4n) is 10.8. The van der Waals surface area contributed by atoms with E-state index in [0.717, 1.165) is 39.1 Å². The Bertz CT molecular complexity index is 3220. The lowest BCUT2D eigenvalue weighted by Gasteiger charge is -2.60. The smallest absolute Gasteiger partial charge is 0.347 e. The number of aliphatic hydroxyl groups excluding tert-OH is 4. The number of benzene rings is 3. The van der Waals surface area contributed by atoms with E-state index in [-0.39, 0.29) is 57.9 Å². The van der Waals surface area contributed by atoms with E-state index < -0.39 is 88.0 Å². The molecule has 18 nitrogen and oxygen atoms in total. The minimum absolute atomic E-state index is 0.0370. The Balaban J connectivity index is 1.08. The van der Waals surface area contributed by atoms with Gasteiger partial charge in [0.25, 0.3) is 11.5 Å². The van der Waals surface area contributed by atoms with Crippen molar-refractivity contribution in [2.45, 2.75) is 72.6 Å². The van der Waals surface area contributed by atoms with Crippen molar-refractivity contribution >= 4 is 55.8 Å². The number of aliphatic hydroxyl groups is 5. The van der Waals surface area contributed by atoms with Crippen LogP contribution in [0.3, 0.4) is 0 Å². The number of allylic oxidation sites excluding steroid dienone is 4. The molecule has 1 amide bonds. The number of rotatable bonds is 7. The summed E-state index contributed by atoms with van der Waals surface area (Å²) in [5.41, 5.74) is -1.00. The quantitative estimate of drug-likeness (QED) is 0.0606. The van der Waals surface area contributed by atoms with Gasteiger partial charge in [-0.3, -0.25) is 19.7 Å². The van der Waals surface area contributed by atoms with Gasteiger partial charge in [-0.05, 0) is 88.8 Å². The number of nitrogens with two attached hydrogens (primary N) is 1. The standard InChI is InChI=1S/C53H49N3O15S2/c54-46(62)45-43(29-12-14-32(57)15-13-29)44(61)37-17-16-34(21-40(37)70-45)69-50-52(67)48(64)56-24-38(27-4-3-5-33(58)20-30-11-10-28(9-8-27)35-6-1-2-7-36(30)35)39(31-18-19-55-23-31)25-72-73-26-68-53(52)42(60)22-41(59)51(71-50,47(53)63)49(65)66/h1-2,6-7,9-19,21-23,27,30,33,38-39,47-48,50,55-58,60,63-64,67H,4,8,20,24-26H2,(H2,54,62)(H,65,66). The van der Waals surface area contributed by atoms with Gasteiger partial charge < -0.3 is 65.1 Å². The zero-order valence-electron chi connectivity index (χ0n) is 38.5. The Kier molecular flexibility index (Phi) is 13.4. The molecule has 2 saturated heterocycles. The van der Waals surface area contributed by atoms with Gasteiger partial charge in [-0.15, -0.1) is 5.92 Å². The lowest BCUT2D eigenvalue weighted by Crippen LogP contribution is -2.87. The number of phenols is 1. The highest BCUT2D eigenvalue weighted by molar-refractivity contribution is 8.76. The topological polar surface area (TPSA) is 305 Å². The van der Waals surface area contributed by atoms with E-state index in [2.05, 4.69) is 40.4 Å². The maximum atomic E-state index is 14.0. The molecule has 6 aliphatic rings. The zero-order valence-corrected chi connectivity index (χ0v) is 40.2. The van der Waals surface area contributed by atoms with Crippen molar-refractivity contribution in [2.75, 3.05) is 18.2 Å². The Morgan fingerprint density at radius 2 is 1.78 bits per heavy atom. The van der Waals surface area contributed by atoms with Gasteiger partial charge in [0.05, 0.1) is 10.9 Å². The van der Waals surface area contributed by atoms with Crippen LogP contribution in [-0.4, -0.2) is 118 Å². The Labute approximate surface area is 424 Å². The molecular formula is C53H49N3O15S2. The van der Waals surface area contributed by atoms with E-state index in [1.165, 1.54) is 47.2 Å². The van der Waals surface area contributed by atoms with Crippen LogP contribution in [0, 0.1) is 23.7 Å². The summed E-state index contributed by atoms with van der Waals surface area (Å²) < 4.78 is 24.3. The average molecular weight is 1030 g/mol. The molecule has 20 heteroatoms. The largest absolute Gasteiger partial charge is 0.509 e. The van der Waals surface area contributed by atoms with Gasteiger partial charge >= 0.3 is 5.97 Å². The number of aromatic nitrogens is 1. The predicted molar refractivity (Wildman–Crippen MR) is 268 cm³/mol. The molecule has 11 N–H and O–H groups in total. The Morgan fingerprint density at radius 3 is 2.53 bits per heavy atom. The van der Waals surface area contributed by atoms with Gasteiger partial charge in [0.15, 0.2) is 5.60 Å². The van der Waals surface area contributed by atoms with Crippen LogP contribution in [0.4, 0.5) is 0 Å². The van der Waals surface area contributed by atoms with E-state index in [9.17, 15) is 54.9 Å². The number of carboxylic acids is 1. The number of phenolic OH excluding ortho intramolecular Hbond substituents is 1. The molecule has 4 aliphatic carbocycles. The number of aromatic amines is 1. The van der Waals surface area contributed by atoms with Crippen molar-refractivity contribution in [1.82, 2.24) is 10.3 Å². The minimum Gasteiger partial charge on any atom is -0.509 e. The highest BCUT2D eigenvalue weighted by Crippen LogP contribution is 2.54. The number of carbonyl (C=O) groups excluding carboxylic acids is 2. The first-order chi connectivity index (χ1) is 35.1. The van der Waals surface area contributed by atoms with Gasteiger partial charge in [0.2, 0.25) is 28.9 Å². The van der Waals surface area contributed by atoms with Crippen LogP contribution in [0.5, 0.6) is 11.5 Å². The number of ketones is 1. The summed E-state index contributed by atoms with van der Waals surface area (Å²) in [7, 11) is 2.44. The van der Waals surface area contributed by atoms with Crippen LogP contribution in [0.25, 0.3) is 27.7 Å². The first-order valence-electron chi connectivity index (χ1n) is 23.3. The number of aliphatic carboxylic acids is 1. The average Bonchev–Trinajstić information content (AvgIpc) is 3.90. The fourth-order valence-corrected chi connectivity index (χ4v) is 12.9. The molecule has 0 radical (unpaired) electrons. The fraction of sp³-hybridized carbons (Fsp3) is 0.321.